The third-order valence-corrected chi connectivity index (χ3v) is 3.11. The molecule has 1 aromatic heterocycles. The Kier molecular flexibility index (Phi) is 5.24. The summed E-state index contributed by atoms with van der Waals surface area (Å²) in [5.74, 6) is 1.34. The first-order valence-electron chi connectivity index (χ1n) is 7.23. The number of anilines is 1. The minimum absolute atomic E-state index is 0.532. The van der Waals surface area contributed by atoms with Crippen molar-refractivity contribution in [2.45, 2.75) is 33.2 Å². The maximum absolute atomic E-state index is 6.02. The average Bonchev–Trinajstić information content (AvgIpc) is 2.78. The Labute approximate surface area is 119 Å². The Morgan fingerprint density at radius 2 is 2.10 bits per heavy atom. The largest absolute Gasteiger partial charge is 0.491 e. The van der Waals surface area contributed by atoms with E-state index in [0.29, 0.717) is 12.6 Å². The number of benzene rings is 1. The molecule has 0 amide bonds. The predicted molar refractivity (Wildman–Crippen MR) is 81.0 cm³/mol. The molecule has 0 aliphatic heterocycles. The maximum atomic E-state index is 6.02. The van der Waals surface area contributed by atoms with Crippen molar-refractivity contribution >= 4 is 17.0 Å². The van der Waals surface area contributed by atoms with Crippen molar-refractivity contribution < 1.29 is 9.47 Å². The zero-order valence-electron chi connectivity index (χ0n) is 12.3. The van der Waals surface area contributed by atoms with Crippen LogP contribution in [0.5, 0.6) is 5.75 Å². The number of para-hydroxylation sites is 1. The van der Waals surface area contributed by atoms with Crippen LogP contribution in [-0.4, -0.2) is 29.4 Å². The molecule has 0 saturated heterocycles. The van der Waals surface area contributed by atoms with Crippen LogP contribution in [0.1, 0.15) is 26.7 Å². The third kappa shape index (κ3) is 3.22. The summed E-state index contributed by atoms with van der Waals surface area (Å²) in [6.45, 7) is 7.06. The molecule has 20 heavy (non-hydrogen) atoms. The van der Waals surface area contributed by atoms with Crippen LogP contribution in [0.4, 0.5) is 5.95 Å². The molecule has 2 aromatic rings. The van der Waals surface area contributed by atoms with Gasteiger partial charge in [0.15, 0.2) is 0 Å². The van der Waals surface area contributed by atoms with E-state index < -0.39 is 0 Å². The van der Waals surface area contributed by atoms with Crippen molar-refractivity contribution in [2.24, 2.45) is 0 Å². The van der Waals surface area contributed by atoms with Gasteiger partial charge in [0.1, 0.15) is 11.3 Å². The topological polar surface area (TPSA) is 62.3 Å². The molecule has 5 heteroatoms. The van der Waals surface area contributed by atoms with Gasteiger partial charge >= 0.3 is 0 Å². The van der Waals surface area contributed by atoms with E-state index in [9.17, 15) is 0 Å². The van der Waals surface area contributed by atoms with Gasteiger partial charge in [-0.3, -0.25) is 0 Å². The second-order valence-corrected chi connectivity index (χ2v) is 4.64. The zero-order valence-corrected chi connectivity index (χ0v) is 12.3. The van der Waals surface area contributed by atoms with Gasteiger partial charge in [0.25, 0.3) is 0 Å². The number of aromatic nitrogens is 2. The van der Waals surface area contributed by atoms with Crippen LogP contribution in [-0.2, 0) is 11.3 Å². The van der Waals surface area contributed by atoms with E-state index in [1.807, 2.05) is 29.7 Å². The Hall–Kier alpha value is -1.75. The molecule has 0 aliphatic rings. The van der Waals surface area contributed by atoms with Gasteiger partial charge in [-0.1, -0.05) is 13.0 Å². The Balaban J connectivity index is 2.20. The fourth-order valence-electron chi connectivity index (χ4n) is 2.17. The molecular formula is C15H23N3O2. The maximum Gasteiger partial charge on any atom is 0.201 e. The van der Waals surface area contributed by atoms with Crippen LogP contribution in [0.15, 0.2) is 18.2 Å². The van der Waals surface area contributed by atoms with Crippen LogP contribution in [0, 0.1) is 0 Å². The molecule has 1 aromatic carbocycles. The van der Waals surface area contributed by atoms with E-state index in [2.05, 4.69) is 11.9 Å². The van der Waals surface area contributed by atoms with Gasteiger partial charge in [-0.05, 0) is 31.9 Å². The first-order chi connectivity index (χ1) is 9.77. The van der Waals surface area contributed by atoms with Crippen LogP contribution in [0.3, 0.4) is 0 Å². The summed E-state index contributed by atoms with van der Waals surface area (Å²) in [4.78, 5) is 4.44. The molecule has 0 atom stereocenters. The summed E-state index contributed by atoms with van der Waals surface area (Å²) < 4.78 is 13.1. The molecule has 0 spiro atoms. The van der Waals surface area contributed by atoms with Gasteiger partial charge in [-0.15, -0.1) is 0 Å². The van der Waals surface area contributed by atoms with Gasteiger partial charge in [0.05, 0.1) is 12.1 Å². The second kappa shape index (κ2) is 7.14. The molecule has 2 rings (SSSR count). The van der Waals surface area contributed by atoms with E-state index in [1.165, 1.54) is 0 Å². The quantitative estimate of drug-likeness (QED) is 0.754. The van der Waals surface area contributed by atoms with E-state index in [1.54, 1.807) is 0 Å². The van der Waals surface area contributed by atoms with E-state index >= 15 is 0 Å². The van der Waals surface area contributed by atoms with Gasteiger partial charge in [0, 0.05) is 19.8 Å². The molecule has 0 aliphatic carbocycles. The number of hydrogen-bond acceptors (Lipinski definition) is 4. The zero-order chi connectivity index (χ0) is 14.4. The standard InChI is InChI=1S/C15H23N3O2/c1-3-10-20-13-8-5-7-12-14(13)17-15(16)18(12)9-6-11-19-4-2/h5,7-8H,3-4,6,9-11H2,1-2H3,(H2,16,17). The highest BCUT2D eigenvalue weighted by Gasteiger charge is 2.11. The van der Waals surface area contributed by atoms with E-state index in [4.69, 9.17) is 15.2 Å². The summed E-state index contributed by atoms with van der Waals surface area (Å²) in [5.41, 5.74) is 7.88. The van der Waals surface area contributed by atoms with Crippen molar-refractivity contribution in [1.29, 1.82) is 0 Å². The van der Waals surface area contributed by atoms with Gasteiger partial charge in [0.2, 0.25) is 5.95 Å². The van der Waals surface area contributed by atoms with Crippen molar-refractivity contribution in [3.8, 4) is 5.75 Å². The third-order valence-electron chi connectivity index (χ3n) is 3.11. The number of nitrogen functional groups attached to an aromatic ring is 1. The first-order valence-corrected chi connectivity index (χ1v) is 7.23. The summed E-state index contributed by atoms with van der Waals surface area (Å²) >= 11 is 0. The van der Waals surface area contributed by atoms with E-state index in [-0.39, 0.29) is 0 Å². The molecule has 1 heterocycles. The number of fused-ring (bicyclic) bond motifs is 1. The molecule has 0 radical (unpaired) electrons. The SMILES string of the molecule is CCCOc1cccc2c1nc(N)n2CCCOCC. The van der Waals surface area contributed by atoms with Crippen molar-refractivity contribution in [1.82, 2.24) is 9.55 Å². The van der Waals surface area contributed by atoms with Crippen LogP contribution < -0.4 is 10.5 Å². The van der Waals surface area contributed by atoms with Crippen molar-refractivity contribution in [3.05, 3.63) is 18.2 Å². The van der Waals surface area contributed by atoms with Gasteiger partial charge in [-0.25, -0.2) is 4.98 Å². The summed E-state index contributed by atoms with van der Waals surface area (Å²) in [6.07, 6.45) is 1.89. The fraction of sp³-hybridized carbons (Fsp3) is 0.533. The van der Waals surface area contributed by atoms with Crippen LogP contribution in [0.2, 0.25) is 0 Å². The minimum Gasteiger partial charge on any atom is -0.491 e. The Morgan fingerprint density at radius 3 is 2.85 bits per heavy atom. The lowest BCUT2D eigenvalue weighted by Crippen LogP contribution is -2.06. The molecule has 0 unspecified atom stereocenters. The lowest BCUT2D eigenvalue weighted by atomic mass is 10.3. The number of rotatable bonds is 8. The molecule has 110 valence electrons. The number of ether oxygens (including phenoxy) is 2. The van der Waals surface area contributed by atoms with Gasteiger partial charge in [-0.2, -0.15) is 0 Å². The molecule has 0 bridgehead atoms. The highest BCUT2D eigenvalue weighted by molar-refractivity contribution is 5.84. The summed E-state index contributed by atoms with van der Waals surface area (Å²) in [7, 11) is 0. The van der Waals surface area contributed by atoms with Crippen LogP contribution >= 0.6 is 0 Å². The molecule has 5 nitrogen and oxygen atoms in total. The fourth-order valence-corrected chi connectivity index (χ4v) is 2.17. The lowest BCUT2D eigenvalue weighted by molar-refractivity contribution is 0.142. The number of aryl methyl sites for hydroxylation is 1. The van der Waals surface area contributed by atoms with Crippen LogP contribution in [0.25, 0.3) is 11.0 Å². The van der Waals surface area contributed by atoms with E-state index in [0.717, 1.165) is 49.4 Å². The van der Waals surface area contributed by atoms with Crippen molar-refractivity contribution in [2.75, 3.05) is 25.6 Å². The Morgan fingerprint density at radius 1 is 1.25 bits per heavy atom. The molecule has 0 fully saturated rings. The van der Waals surface area contributed by atoms with Gasteiger partial charge < -0.3 is 19.8 Å². The summed E-state index contributed by atoms with van der Waals surface area (Å²) in [5, 5.41) is 0. The van der Waals surface area contributed by atoms with Crippen molar-refractivity contribution in [3.63, 3.8) is 0 Å². The predicted octanol–water partition coefficient (Wildman–Crippen LogP) is 2.83. The molecule has 2 N–H and O–H groups in total. The minimum atomic E-state index is 0.532. The summed E-state index contributed by atoms with van der Waals surface area (Å²) in [6, 6.07) is 5.95. The first kappa shape index (κ1) is 14.7. The lowest BCUT2D eigenvalue weighted by Gasteiger charge is -2.07. The Bertz CT molecular complexity index is 551. The second-order valence-electron chi connectivity index (χ2n) is 4.64. The molecule has 0 saturated carbocycles. The smallest absolute Gasteiger partial charge is 0.201 e. The highest BCUT2D eigenvalue weighted by Crippen LogP contribution is 2.27. The monoisotopic (exact) mass is 277 g/mol. The number of imidazole rings is 1. The average molecular weight is 277 g/mol. The number of hydrogen-bond donors (Lipinski definition) is 1. The normalized spacial score (nSPS) is 11.1. The number of nitrogens with zero attached hydrogens (tertiary/aromatic N) is 2. The highest BCUT2D eigenvalue weighted by atomic mass is 16.5. The molecular weight excluding hydrogens is 254 g/mol. The number of nitrogens with two attached hydrogens (primary N) is 1.